The fourth-order valence-corrected chi connectivity index (χ4v) is 1.60. The molecule has 0 aliphatic carbocycles. The van der Waals surface area contributed by atoms with Crippen molar-refractivity contribution in [1.29, 1.82) is 0 Å². The minimum atomic E-state index is -0.146. The first-order valence-corrected chi connectivity index (χ1v) is 5.57. The number of nitrogens with one attached hydrogen (secondary N) is 1. The summed E-state index contributed by atoms with van der Waals surface area (Å²) in [7, 11) is 1.63. The molecule has 0 spiro atoms. The molecule has 0 radical (unpaired) electrons. The zero-order chi connectivity index (χ0) is 13.0. The lowest BCUT2D eigenvalue weighted by Gasteiger charge is -2.00. The molecule has 92 valence electrons. The van der Waals surface area contributed by atoms with E-state index >= 15 is 0 Å². The number of benzene rings is 1. The molecule has 0 amide bonds. The summed E-state index contributed by atoms with van der Waals surface area (Å²) in [6.45, 7) is 1.79. The molecule has 0 aliphatic rings. The van der Waals surface area contributed by atoms with Gasteiger partial charge in [-0.05, 0) is 30.7 Å². The van der Waals surface area contributed by atoms with E-state index in [-0.39, 0.29) is 5.56 Å². The third-order valence-corrected chi connectivity index (χ3v) is 2.42. The molecule has 2 aromatic rings. The number of aryl methyl sites for hydroxylation is 1. The van der Waals surface area contributed by atoms with Crippen molar-refractivity contribution in [1.82, 2.24) is 9.97 Å². The van der Waals surface area contributed by atoms with Crippen LogP contribution >= 0.6 is 0 Å². The van der Waals surface area contributed by atoms with Gasteiger partial charge in [0.25, 0.3) is 5.56 Å². The maximum atomic E-state index is 11.3. The van der Waals surface area contributed by atoms with Gasteiger partial charge in [0, 0.05) is 11.8 Å². The lowest BCUT2D eigenvalue weighted by atomic mass is 10.2. The molecular weight excluding hydrogens is 228 g/mol. The van der Waals surface area contributed by atoms with Crippen LogP contribution in [-0.4, -0.2) is 17.1 Å². The van der Waals surface area contributed by atoms with Crippen LogP contribution in [0.15, 0.2) is 35.1 Å². The highest BCUT2D eigenvalue weighted by molar-refractivity contribution is 5.67. The number of ether oxygens (including phenoxy) is 1. The van der Waals surface area contributed by atoms with Crippen molar-refractivity contribution >= 4 is 12.2 Å². The Hall–Kier alpha value is -2.36. The molecule has 0 saturated carbocycles. The number of hydrogen-bond donors (Lipinski definition) is 1. The smallest absolute Gasteiger partial charge is 0.251 e. The average Bonchev–Trinajstić information content (AvgIpc) is 2.35. The standard InChI is InChI=1S/C14H14N2O2/c1-10-8-14(17)16-13(15-10)7-6-11-4-3-5-12(9-11)18-2/h3-9H,1-2H3,(H,15,16,17). The summed E-state index contributed by atoms with van der Waals surface area (Å²) in [5.74, 6) is 1.34. The fourth-order valence-electron chi connectivity index (χ4n) is 1.60. The Morgan fingerprint density at radius 3 is 2.83 bits per heavy atom. The Morgan fingerprint density at radius 1 is 1.28 bits per heavy atom. The van der Waals surface area contributed by atoms with Crippen LogP contribution in [0.4, 0.5) is 0 Å². The molecule has 1 aromatic heterocycles. The van der Waals surface area contributed by atoms with Crippen molar-refractivity contribution < 1.29 is 4.74 Å². The SMILES string of the molecule is COc1cccc(C=Cc2nc(C)cc(=O)[nH]2)c1. The van der Waals surface area contributed by atoms with Gasteiger partial charge in [0.15, 0.2) is 0 Å². The molecule has 0 aliphatic heterocycles. The normalized spacial score (nSPS) is 10.8. The summed E-state index contributed by atoms with van der Waals surface area (Å²) in [6.07, 6.45) is 3.64. The second-order valence-electron chi connectivity index (χ2n) is 3.88. The van der Waals surface area contributed by atoms with Crippen LogP contribution in [0.3, 0.4) is 0 Å². The van der Waals surface area contributed by atoms with Gasteiger partial charge in [-0.25, -0.2) is 4.98 Å². The van der Waals surface area contributed by atoms with Gasteiger partial charge in [0.1, 0.15) is 11.6 Å². The minimum absolute atomic E-state index is 0.146. The third-order valence-electron chi connectivity index (χ3n) is 2.42. The van der Waals surface area contributed by atoms with E-state index in [0.29, 0.717) is 11.5 Å². The van der Waals surface area contributed by atoms with Crippen molar-refractivity contribution in [2.24, 2.45) is 0 Å². The second kappa shape index (κ2) is 5.31. The molecule has 2 rings (SSSR count). The predicted molar refractivity (Wildman–Crippen MR) is 71.5 cm³/mol. The van der Waals surface area contributed by atoms with E-state index in [9.17, 15) is 4.79 Å². The van der Waals surface area contributed by atoms with Crippen LogP contribution in [0.1, 0.15) is 17.1 Å². The van der Waals surface area contributed by atoms with E-state index in [4.69, 9.17) is 4.74 Å². The first-order valence-electron chi connectivity index (χ1n) is 5.57. The molecule has 0 saturated heterocycles. The topological polar surface area (TPSA) is 55.0 Å². The van der Waals surface area contributed by atoms with Crippen LogP contribution in [0.2, 0.25) is 0 Å². The summed E-state index contributed by atoms with van der Waals surface area (Å²) >= 11 is 0. The van der Waals surface area contributed by atoms with Crippen LogP contribution in [-0.2, 0) is 0 Å². The number of nitrogens with zero attached hydrogens (tertiary/aromatic N) is 1. The highest BCUT2D eigenvalue weighted by Crippen LogP contribution is 2.14. The summed E-state index contributed by atoms with van der Waals surface area (Å²) in [5.41, 5.74) is 1.54. The van der Waals surface area contributed by atoms with Crippen molar-refractivity contribution in [2.75, 3.05) is 7.11 Å². The first-order chi connectivity index (χ1) is 8.67. The van der Waals surface area contributed by atoms with Crippen LogP contribution in [0, 0.1) is 6.92 Å². The van der Waals surface area contributed by atoms with E-state index in [1.165, 1.54) is 6.07 Å². The van der Waals surface area contributed by atoms with Crippen LogP contribution < -0.4 is 10.3 Å². The molecule has 0 unspecified atom stereocenters. The van der Waals surface area contributed by atoms with E-state index < -0.39 is 0 Å². The Morgan fingerprint density at radius 2 is 2.11 bits per heavy atom. The van der Waals surface area contributed by atoms with Gasteiger partial charge in [-0.3, -0.25) is 4.79 Å². The highest BCUT2D eigenvalue weighted by atomic mass is 16.5. The van der Waals surface area contributed by atoms with Crippen molar-refractivity contribution in [3.05, 3.63) is 57.8 Å². The number of H-pyrrole nitrogens is 1. The van der Waals surface area contributed by atoms with Crippen molar-refractivity contribution in [3.63, 3.8) is 0 Å². The summed E-state index contributed by atoms with van der Waals surface area (Å²) in [4.78, 5) is 18.2. The largest absolute Gasteiger partial charge is 0.497 e. The number of hydrogen-bond acceptors (Lipinski definition) is 3. The monoisotopic (exact) mass is 242 g/mol. The number of rotatable bonds is 3. The quantitative estimate of drug-likeness (QED) is 0.898. The first kappa shape index (κ1) is 12.1. The van der Waals surface area contributed by atoms with Gasteiger partial charge in [0.05, 0.1) is 7.11 Å². The molecule has 18 heavy (non-hydrogen) atoms. The Labute approximate surface area is 105 Å². The van der Waals surface area contributed by atoms with E-state index in [1.807, 2.05) is 30.3 Å². The maximum Gasteiger partial charge on any atom is 0.251 e. The van der Waals surface area contributed by atoms with Gasteiger partial charge >= 0.3 is 0 Å². The van der Waals surface area contributed by atoms with E-state index in [2.05, 4.69) is 9.97 Å². The summed E-state index contributed by atoms with van der Waals surface area (Å²) in [6, 6.07) is 9.11. The molecular formula is C14H14N2O2. The molecule has 0 bridgehead atoms. The van der Waals surface area contributed by atoms with Gasteiger partial charge < -0.3 is 9.72 Å². The molecule has 4 nitrogen and oxygen atoms in total. The molecule has 1 aromatic carbocycles. The molecule has 4 heteroatoms. The van der Waals surface area contributed by atoms with Crippen LogP contribution in [0.25, 0.3) is 12.2 Å². The maximum absolute atomic E-state index is 11.3. The molecule has 0 atom stereocenters. The van der Waals surface area contributed by atoms with Gasteiger partial charge in [-0.2, -0.15) is 0 Å². The summed E-state index contributed by atoms with van der Waals surface area (Å²) < 4.78 is 5.14. The van der Waals surface area contributed by atoms with Crippen LogP contribution in [0.5, 0.6) is 5.75 Å². The number of aromatic nitrogens is 2. The minimum Gasteiger partial charge on any atom is -0.497 e. The molecule has 1 N–H and O–H groups in total. The van der Waals surface area contributed by atoms with Gasteiger partial charge in [-0.15, -0.1) is 0 Å². The van der Waals surface area contributed by atoms with E-state index in [0.717, 1.165) is 11.3 Å². The Bertz CT molecular complexity index is 630. The fraction of sp³-hybridized carbons (Fsp3) is 0.143. The van der Waals surface area contributed by atoms with E-state index in [1.54, 1.807) is 20.1 Å². The predicted octanol–water partition coefficient (Wildman–Crippen LogP) is 2.26. The summed E-state index contributed by atoms with van der Waals surface area (Å²) in [5, 5.41) is 0. The van der Waals surface area contributed by atoms with Crippen molar-refractivity contribution in [2.45, 2.75) is 6.92 Å². The lowest BCUT2D eigenvalue weighted by Crippen LogP contribution is -2.08. The zero-order valence-electron chi connectivity index (χ0n) is 10.3. The second-order valence-corrected chi connectivity index (χ2v) is 3.88. The molecule has 0 fully saturated rings. The third kappa shape index (κ3) is 3.07. The highest BCUT2D eigenvalue weighted by Gasteiger charge is 1.95. The Balaban J connectivity index is 2.26. The Kier molecular flexibility index (Phi) is 3.57. The lowest BCUT2D eigenvalue weighted by molar-refractivity contribution is 0.414. The number of methoxy groups -OCH3 is 1. The van der Waals surface area contributed by atoms with Gasteiger partial charge in [-0.1, -0.05) is 18.2 Å². The van der Waals surface area contributed by atoms with Crippen molar-refractivity contribution in [3.8, 4) is 5.75 Å². The zero-order valence-corrected chi connectivity index (χ0v) is 10.3. The number of aromatic amines is 1. The van der Waals surface area contributed by atoms with Gasteiger partial charge in [0.2, 0.25) is 0 Å². The molecule has 1 heterocycles. The average molecular weight is 242 g/mol.